The van der Waals surface area contributed by atoms with Crippen molar-refractivity contribution in [3.05, 3.63) is 23.5 Å². The van der Waals surface area contributed by atoms with Crippen LogP contribution >= 0.6 is 0 Å². The summed E-state index contributed by atoms with van der Waals surface area (Å²) in [4.78, 5) is 41.3. The lowest BCUT2D eigenvalue weighted by molar-refractivity contribution is -0.141. The van der Waals surface area contributed by atoms with Gasteiger partial charge in [0.2, 0.25) is 0 Å². The number of H-pyrrole nitrogens is 1. The highest BCUT2D eigenvalue weighted by Gasteiger charge is 2.23. The zero-order valence-electron chi connectivity index (χ0n) is 12.8. The Morgan fingerprint density at radius 1 is 1.36 bits per heavy atom. The largest absolute Gasteiger partial charge is 0.481 e. The van der Waals surface area contributed by atoms with Crippen LogP contribution in [0.25, 0.3) is 0 Å². The van der Waals surface area contributed by atoms with Crippen molar-refractivity contribution in [2.24, 2.45) is 5.92 Å². The van der Waals surface area contributed by atoms with Gasteiger partial charge in [0.1, 0.15) is 5.69 Å². The molecule has 0 radical (unpaired) electrons. The van der Waals surface area contributed by atoms with E-state index in [1.54, 1.807) is 18.9 Å². The molecule has 1 aliphatic heterocycles. The number of carbonyl (C=O) groups excluding carboxylic acids is 2. The second kappa shape index (κ2) is 6.64. The molecule has 1 aromatic rings. The van der Waals surface area contributed by atoms with Gasteiger partial charge in [0.15, 0.2) is 0 Å². The van der Waals surface area contributed by atoms with E-state index >= 15 is 0 Å². The molecule has 1 saturated heterocycles. The summed E-state index contributed by atoms with van der Waals surface area (Å²) in [5.74, 6) is -1.99. The number of carboxylic acid groups (broad SMARTS) is 1. The number of hydrogen-bond donors (Lipinski definition) is 2. The molecule has 1 fully saturated rings. The minimum Gasteiger partial charge on any atom is -0.481 e. The first-order valence-electron chi connectivity index (χ1n) is 7.36. The van der Waals surface area contributed by atoms with Gasteiger partial charge in [-0.25, -0.2) is 0 Å². The Balaban J connectivity index is 2.02. The van der Waals surface area contributed by atoms with Crippen molar-refractivity contribution in [1.82, 2.24) is 14.8 Å². The van der Waals surface area contributed by atoms with E-state index in [1.807, 2.05) is 0 Å². The van der Waals surface area contributed by atoms with Gasteiger partial charge in [-0.05, 0) is 18.9 Å². The highest BCUT2D eigenvalue weighted by atomic mass is 16.4. The molecule has 22 heavy (non-hydrogen) atoms. The number of nitrogens with zero attached hydrogens (tertiary/aromatic N) is 2. The standard InChI is InChI=1S/C15H21N3O4/c1-10(15(21)22)9-17(2)13(19)11-7-12(16-8-11)14(20)18-5-3-4-6-18/h7-8,10,16H,3-6,9H2,1-2H3,(H,21,22). The predicted molar refractivity (Wildman–Crippen MR) is 79.7 cm³/mol. The first-order valence-corrected chi connectivity index (χ1v) is 7.36. The average Bonchev–Trinajstić information content (AvgIpc) is 3.16. The van der Waals surface area contributed by atoms with E-state index < -0.39 is 11.9 Å². The molecule has 2 heterocycles. The highest BCUT2D eigenvalue weighted by molar-refractivity contribution is 5.99. The Kier molecular flexibility index (Phi) is 4.85. The van der Waals surface area contributed by atoms with Gasteiger partial charge < -0.3 is 19.9 Å². The molecular weight excluding hydrogens is 286 g/mol. The molecule has 1 unspecified atom stereocenters. The summed E-state index contributed by atoms with van der Waals surface area (Å²) in [6, 6.07) is 1.53. The van der Waals surface area contributed by atoms with E-state index in [-0.39, 0.29) is 18.4 Å². The van der Waals surface area contributed by atoms with Crippen LogP contribution in [0.2, 0.25) is 0 Å². The number of aliphatic carboxylic acids is 1. The molecule has 0 saturated carbocycles. The molecule has 0 aromatic carbocycles. The fourth-order valence-electron chi connectivity index (χ4n) is 2.52. The van der Waals surface area contributed by atoms with Crippen molar-refractivity contribution in [1.29, 1.82) is 0 Å². The summed E-state index contributed by atoms with van der Waals surface area (Å²) in [6.45, 7) is 3.16. The summed E-state index contributed by atoms with van der Waals surface area (Å²) in [5, 5.41) is 8.89. The lowest BCUT2D eigenvalue weighted by atomic mass is 10.1. The SMILES string of the molecule is CC(CN(C)C(=O)c1c[nH]c(C(=O)N2CCCC2)c1)C(=O)O. The topological polar surface area (TPSA) is 93.7 Å². The van der Waals surface area contributed by atoms with Crippen molar-refractivity contribution in [3.8, 4) is 0 Å². The molecule has 1 atom stereocenters. The minimum absolute atomic E-state index is 0.0990. The van der Waals surface area contributed by atoms with Crippen LogP contribution in [0.3, 0.4) is 0 Å². The Morgan fingerprint density at radius 2 is 2.00 bits per heavy atom. The first kappa shape index (κ1) is 16.1. The normalized spacial score (nSPS) is 15.6. The van der Waals surface area contributed by atoms with Gasteiger partial charge in [-0.2, -0.15) is 0 Å². The van der Waals surface area contributed by atoms with Crippen molar-refractivity contribution < 1.29 is 19.5 Å². The summed E-state index contributed by atoms with van der Waals surface area (Å²) in [5.41, 5.74) is 0.757. The molecule has 2 amide bonds. The van der Waals surface area contributed by atoms with E-state index in [9.17, 15) is 14.4 Å². The Hall–Kier alpha value is -2.31. The van der Waals surface area contributed by atoms with Crippen LogP contribution in [-0.2, 0) is 4.79 Å². The average molecular weight is 307 g/mol. The predicted octanol–water partition coefficient (Wildman–Crippen LogP) is 1.04. The second-order valence-electron chi connectivity index (χ2n) is 5.73. The maximum absolute atomic E-state index is 12.2. The second-order valence-corrected chi connectivity index (χ2v) is 5.73. The number of amides is 2. The van der Waals surface area contributed by atoms with E-state index in [0.717, 1.165) is 25.9 Å². The molecule has 0 bridgehead atoms. The number of carboxylic acids is 1. The number of carbonyl (C=O) groups is 3. The van der Waals surface area contributed by atoms with E-state index in [1.165, 1.54) is 17.2 Å². The van der Waals surface area contributed by atoms with Gasteiger partial charge in [0.25, 0.3) is 11.8 Å². The molecule has 1 aromatic heterocycles. The molecular formula is C15H21N3O4. The van der Waals surface area contributed by atoms with Gasteiger partial charge in [0.05, 0.1) is 11.5 Å². The zero-order valence-corrected chi connectivity index (χ0v) is 12.8. The molecule has 120 valence electrons. The third kappa shape index (κ3) is 3.47. The molecule has 7 nitrogen and oxygen atoms in total. The smallest absolute Gasteiger partial charge is 0.308 e. The summed E-state index contributed by atoms with van der Waals surface area (Å²) in [6.07, 6.45) is 3.51. The van der Waals surface area contributed by atoms with Gasteiger partial charge >= 0.3 is 5.97 Å². The van der Waals surface area contributed by atoms with E-state index in [0.29, 0.717) is 11.3 Å². The van der Waals surface area contributed by atoms with Crippen LogP contribution in [0.5, 0.6) is 0 Å². The monoisotopic (exact) mass is 307 g/mol. The number of aromatic nitrogens is 1. The zero-order chi connectivity index (χ0) is 16.3. The fraction of sp³-hybridized carbons (Fsp3) is 0.533. The Labute approximate surface area is 128 Å². The quantitative estimate of drug-likeness (QED) is 0.850. The van der Waals surface area contributed by atoms with Crippen LogP contribution < -0.4 is 0 Å². The van der Waals surface area contributed by atoms with Crippen LogP contribution in [-0.4, -0.2) is 64.4 Å². The minimum atomic E-state index is -0.946. The first-order chi connectivity index (χ1) is 10.4. The van der Waals surface area contributed by atoms with Gasteiger partial charge in [-0.1, -0.05) is 6.92 Å². The van der Waals surface area contributed by atoms with Gasteiger partial charge in [-0.15, -0.1) is 0 Å². The lowest BCUT2D eigenvalue weighted by Crippen LogP contribution is -2.33. The van der Waals surface area contributed by atoms with Crippen molar-refractivity contribution in [2.45, 2.75) is 19.8 Å². The van der Waals surface area contributed by atoms with Crippen LogP contribution in [0, 0.1) is 5.92 Å². The Bertz CT molecular complexity index is 575. The lowest BCUT2D eigenvalue weighted by Gasteiger charge is -2.18. The number of nitrogens with one attached hydrogen (secondary N) is 1. The maximum atomic E-state index is 12.2. The summed E-state index contributed by atoms with van der Waals surface area (Å²) in [7, 11) is 1.55. The molecule has 2 rings (SSSR count). The third-order valence-electron chi connectivity index (χ3n) is 3.87. The van der Waals surface area contributed by atoms with E-state index in [4.69, 9.17) is 5.11 Å². The summed E-state index contributed by atoms with van der Waals surface area (Å²) < 4.78 is 0. The molecule has 0 aliphatic carbocycles. The van der Waals surface area contributed by atoms with Crippen LogP contribution in [0.4, 0.5) is 0 Å². The summed E-state index contributed by atoms with van der Waals surface area (Å²) >= 11 is 0. The van der Waals surface area contributed by atoms with Crippen molar-refractivity contribution in [2.75, 3.05) is 26.7 Å². The molecule has 7 heteroatoms. The van der Waals surface area contributed by atoms with Gasteiger partial charge in [-0.3, -0.25) is 14.4 Å². The number of rotatable bonds is 5. The number of hydrogen-bond acceptors (Lipinski definition) is 3. The number of likely N-dealkylation sites (tertiary alicyclic amines) is 1. The molecule has 0 spiro atoms. The maximum Gasteiger partial charge on any atom is 0.308 e. The van der Waals surface area contributed by atoms with Crippen LogP contribution in [0.15, 0.2) is 12.3 Å². The highest BCUT2D eigenvalue weighted by Crippen LogP contribution is 2.14. The third-order valence-corrected chi connectivity index (χ3v) is 3.87. The Morgan fingerprint density at radius 3 is 2.59 bits per heavy atom. The van der Waals surface area contributed by atoms with E-state index in [2.05, 4.69) is 4.98 Å². The van der Waals surface area contributed by atoms with Crippen LogP contribution in [0.1, 0.15) is 40.6 Å². The molecule has 2 N–H and O–H groups in total. The van der Waals surface area contributed by atoms with Crippen molar-refractivity contribution >= 4 is 17.8 Å². The van der Waals surface area contributed by atoms with Gasteiger partial charge in [0, 0.05) is 32.9 Å². The number of aromatic amines is 1. The molecule has 1 aliphatic rings. The van der Waals surface area contributed by atoms with Crippen molar-refractivity contribution in [3.63, 3.8) is 0 Å². The fourth-order valence-corrected chi connectivity index (χ4v) is 2.52.